The zero-order valence-electron chi connectivity index (χ0n) is 6.40. The minimum atomic E-state index is -0.552. The lowest BCUT2D eigenvalue weighted by atomic mass is 10.2. The van der Waals surface area contributed by atoms with Crippen LogP contribution in [-0.4, -0.2) is 9.91 Å². The van der Waals surface area contributed by atoms with Crippen molar-refractivity contribution in [3.05, 3.63) is 32.5 Å². The van der Waals surface area contributed by atoms with E-state index in [4.69, 9.17) is 5.26 Å². The largest absolute Gasteiger partial charge is 0.306 e. The van der Waals surface area contributed by atoms with Gasteiger partial charge in [-0.2, -0.15) is 5.26 Å². The van der Waals surface area contributed by atoms with Crippen molar-refractivity contribution in [2.45, 2.75) is 6.42 Å². The van der Waals surface area contributed by atoms with Crippen LogP contribution in [0.2, 0.25) is 0 Å². The van der Waals surface area contributed by atoms with Gasteiger partial charge in [-0.3, -0.25) is 10.1 Å². The Hall–Kier alpha value is -1.48. The molecule has 66 valence electrons. The average Bonchev–Trinajstić information content (AvgIpc) is 2.04. The van der Waals surface area contributed by atoms with E-state index >= 15 is 0 Å². The van der Waals surface area contributed by atoms with E-state index in [2.05, 4.69) is 20.9 Å². The van der Waals surface area contributed by atoms with Crippen molar-refractivity contribution in [2.75, 3.05) is 0 Å². The molecule has 0 aliphatic carbocycles. The van der Waals surface area contributed by atoms with Gasteiger partial charge in [-0.15, -0.1) is 0 Å². The minimum absolute atomic E-state index is 0.0113. The van der Waals surface area contributed by atoms with Gasteiger partial charge in [0, 0.05) is 11.8 Å². The molecular formula is C7H4BrN3O2. The summed E-state index contributed by atoms with van der Waals surface area (Å²) < 4.78 is 0.158. The Kier molecular flexibility index (Phi) is 2.93. The topological polar surface area (TPSA) is 79.8 Å². The number of rotatable bonds is 2. The van der Waals surface area contributed by atoms with Gasteiger partial charge in [0.25, 0.3) is 0 Å². The number of nitro groups is 1. The van der Waals surface area contributed by atoms with Crippen molar-refractivity contribution in [1.29, 1.82) is 5.26 Å². The molecular weight excluding hydrogens is 238 g/mol. The van der Waals surface area contributed by atoms with Crippen LogP contribution in [0.15, 0.2) is 16.9 Å². The van der Waals surface area contributed by atoms with Gasteiger partial charge < -0.3 is 0 Å². The lowest BCUT2D eigenvalue weighted by molar-refractivity contribution is -0.386. The lowest BCUT2D eigenvalue weighted by Crippen LogP contribution is -1.97. The summed E-state index contributed by atoms with van der Waals surface area (Å²) in [4.78, 5) is 13.7. The van der Waals surface area contributed by atoms with Crippen molar-refractivity contribution in [2.24, 2.45) is 0 Å². The highest BCUT2D eigenvalue weighted by molar-refractivity contribution is 9.10. The van der Waals surface area contributed by atoms with E-state index in [1.165, 1.54) is 12.3 Å². The fourth-order valence-corrected chi connectivity index (χ4v) is 1.40. The number of aromatic nitrogens is 1. The number of nitrogens with zero attached hydrogens (tertiary/aromatic N) is 3. The smallest absolute Gasteiger partial charge is 0.258 e. The average molecular weight is 242 g/mol. The highest BCUT2D eigenvalue weighted by Crippen LogP contribution is 2.26. The van der Waals surface area contributed by atoms with Gasteiger partial charge in [0.1, 0.15) is 0 Å². The van der Waals surface area contributed by atoms with Crippen molar-refractivity contribution in [3.8, 4) is 6.07 Å². The summed E-state index contributed by atoms with van der Waals surface area (Å²) in [5.74, 6) is 0. The van der Waals surface area contributed by atoms with E-state index in [-0.39, 0.29) is 16.7 Å². The van der Waals surface area contributed by atoms with Crippen LogP contribution in [0.1, 0.15) is 5.56 Å². The molecule has 1 aromatic heterocycles. The maximum Gasteiger partial charge on any atom is 0.306 e. The molecule has 0 amide bonds. The molecule has 0 spiro atoms. The highest BCUT2D eigenvalue weighted by atomic mass is 79.9. The Labute approximate surface area is 82.3 Å². The number of nitriles is 1. The van der Waals surface area contributed by atoms with E-state index in [0.29, 0.717) is 5.56 Å². The van der Waals surface area contributed by atoms with Crippen LogP contribution < -0.4 is 0 Å². The van der Waals surface area contributed by atoms with Gasteiger partial charge in [-0.1, -0.05) is 0 Å². The van der Waals surface area contributed by atoms with E-state index in [1.54, 1.807) is 0 Å². The SMILES string of the molecule is N#CCc1ccnc(Br)c1[N+](=O)[O-]. The predicted molar refractivity (Wildman–Crippen MR) is 47.9 cm³/mol. The van der Waals surface area contributed by atoms with Gasteiger partial charge in [-0.05, 0) is 22.0 Å². The maximum atomic E-state index is 10.5. The minimum Gasteiger partial charge on any atom is -0.258 e. The molecule has 1 heterocycles. The molecule has 1 rings (SSSR count). The quantitative estimate of drug-likeness (QED) is 0.450. The normalized spacial score (nSPS) is 9.23. The third-order valence-electron chi connectivity index (χ3n) is 1.42. The molecule has 0 bridgehead atoms. The third-order valence-corrected chi connectivity index (χ3v) is 2.00. The number of pyridine rings is 1. The summed E-state index contributed by atoms with van der Waals surface area (Å²) in [6.45, 7) is 0. The molecule has 0 saturated heterocycles. The first kappa shape index (κ1) is 9.61. The highest BCUT2D eigenvalue weighted by Gasteiger charge is 2.18. The molecule has 0 aromatic carbocycles. The zero-order valence-corrected chi connectivity index (χ0v) is 7.98. The first-order chi connectivity index (χ1) is 6.16. The van der Waals surface area contributed by atoms with Crippen molar-refractivity contribution in [1.82, 2.24) is 4.98 Å². The van der Waals surface area contributed by atoms with E-state index in [9.17, 15) is 10.1 Å². The second-order valence-electron chi connectivity index (χ2n) is 2.20. The monoisotopic (exact) mass is 241 g/mol. The maximum absolute atomic E-state index is 10.5. The molecule has 0 unspecified atom stereocenters. The van der Waals surface area contributed by atoms with Crippen LogP contribution in [-0.2, 0) is 6.42 Å². The van der Waals surface area contributed by atoms with Crippen LogP contribution >= 0.6 is 15.9 Å². The summed E-state index contributed by atoms with van der Waals surface area (Å²) >= 11 is 2.96. The molecule has 0 aliphatic heterocycles. The molecule has 13 heavy (non-hydrogen) atoms. The molecule has 0 saturated carbocycles. The Morgan fingerprint density at radius 2 is 2.46 bits per heavy atom. The Morgan fingerprint density at radius 1 is 1.77 bits per heavy atom. The fourth-order valence-electron chi connectivity index (χ4n) is 0.886. The van der Waals surface area contributed by atoms with Crippen molar-refractivity contribution < 1.29 is 4.92 Å². The Bertz CT molecular complexity index is 386. The van der Waals surface area contributed by atoms with Crippen molar-refractivity contribution >= 4 is 21.6 Å². The van der Waals surface area contributed by atoms with E-state index in [0.717, 1.165) is 0 Å². The van der Waals surface area contributed by atoms with Crippen LogP contribution in [0.3, 0.4) is 0 Å². The summed E-state index contributed by atoms with van der Waals surface area (Å²) in [5, 5.41) is 19.0. The molecule has 0 N–H and O–H groups in total. The van der Waals surface area contributed by atoms with Crippen LogP contribution in [0.25, 0.3) is 0 Å². The summed E-state index contributed by atoms with van der Waals surface area (Å²) in [6, 6.07) is 3.32. The first-order valence-electron chi connectivity index (χ1n) is 3.31. The first-order valence-corrected chi connectivity index (χ1v) is 4.11. The molecule has 0 fully saturated rings. The van der Waals surface area contributed by atoms with Crippen LogP contribution in [0, 0.1) is 21.4 Å². The molecule has 5 nitrogen and oxygen atoms in total. The van der Waals surface area contributed by atoms with Gasteiger partial charge in [0.2, 0.25) is 0 Å². The van der Waals surface area contributed by atoms with Crippen LogP contribution in [0.4, 0.5) is 5.69 Å². The number of hydrogen-bond acceptors (Lipinski definition) is 4. The summed E-state index contributed by atoms with van der Waals surface area (Å²) in [7, 11) is 0. The Morgan fingerprint density at radius 3 is 3.00 bits per heavy atom. The predicted octanol–water partition coefficient (Wildman–Crippen LogP) is 1.82. The molecule has 1 aromatic rings. The molecule has 0 atom stereocenters. The fraction of sp³-hybridized carbons (Fsp3) is 0.143. The van der Waals surface area contributed by atoms with Crippen LogP contribution in [0.5, 0.6) is 0 Å². The number of halogens is 1. The second kappa shape index (κ2) is 3.96. The lowest BCUT2D eigenvalue weighted by Gasteiger charge is -1.98. The van der Waals surface area contributed by atoms with Gasteiger partial charge >= 0.3 is 5.69 Å². The second-order valence-corrected chi connectivity index (χ2v) is 2.95. The summed E-state index contributed by atoms with van der Waals surface area (Å²) in [5.41, 5.74) is 0.235. The Balaban J connectivity index is 3.27. The van der Waals surface area contributed by atoms with E-state index < -0.39 is 4.92 Å². The summed E-state index contributed by atoms with van der Waals surface area (Å²) in [6.07, 6.45) is 1.43. The molecule has 0 radical (unpaired) electrons. The van der Waals surface area contributed by atoms with Gasteiger partial charge in [-0.25, -0.2) is 4.98 Å². The zero-order chi connectivity index (χ0) is 9.84. The molecule has 6 heteroatoms. The number of hydrogen-bond donors (Lipinski definition) is 0. The van der Waals surface area contributed by atoms with Gasteiger partial charge in [0.05, 0.1) is 17.4 Å². The van der Waals surface area contributed by atoms with E-state index in [1.807, 2.05) is 6.07 Å². The standard InChI is InChI=1S/C7H4BrN3O2/c8-7-6(11(12)13)5(1-3-9)2-4-10-7/h2,4H,1H2. The van der Waals surface area contributed by atoms with Crippen molar-refractivity contribution in [3.63, 3.8) is 0 Å². The third kappa shape index (κ3) is 2.00. The van der Waals surface area contributed by atoms with Gasteiger partial charge in [0.15, 0.2) is 4.60 Å². The molecule has 0 aliphatic rings.